The fourth-order valence-electron chi connectivity index (χ4n) is 7.43. The minimum atomic E-state index is -1.12. The Balaban J connectivity index is 1.20. The van der Waals surface area contributed by atoms with Crippen LogP contribution in [-0.2, 0) is 19.1 Å². The number of rotatable bonds is 9. The first-order valence-corrected chi connectivity index (χ1v) is 20.6. The predicted octanol–water partition coefficient (Wildman–Crippen LogP) is 6.05. The lowest BCUT2D eigenvalue weighted by molar-refractivity contribution is -0.141. The summed E-state index contributed by atoms with van der Waals surface area (Å²) in [7, 11) is 1.61. The van der Waals surface area contributed by atoms with Gasteiger partial charge in [-0.3, -0.25) is 19.1 Å². The summed E-state index contributed by atoms with van der Waals surface area (Å²) in [4.78, 5) is 62.4. The molecule has 13 nitrogen and oxygen atoms in total. The molecule has 3 heterocycles. The number of nitrogens with one attached hydrogen (secondary N) is 3. The van der Waals surface area contributed by atoms with Gasteiger partial charge in [0.15, 0.2) is 0 Å². The third-order valence-electron chi connectivity index (χ3n) is 11.1. The quantitative estimate of drug-likeness (QED) is 0.203. The summed E-state index contributed by atoms with van der Waals surface area (Å²) in [6, 6.07) is 3.63. The monoisotopic (exact) mass is 777 g/mol. The predicted molar refractivity (Wildman–Crippen MR) is 209 cm³/mol. The Labute approximate surface area is 327 Å². The lowest BCUT2D eigenvalue weighted by atomic mass is 10.0. The van der Waals surface area contributed by atoms with E-state index in [1.807, 2.05) is 25.1 Å². The van der Waals surface area contributed by atoms with Crippen molar-refractivity contribution in [3.05, 3.63) is 35.9 Å². The number of fused-ring (bicyclic) bond motifs is 3. The maximum absolute atomic E-state index is 14.6. The molecular weight excluding hydrogens is 723 g/mol. The second kappa shape index (κ2) is 15.4. The van der Waals surface area contributed by atoms with Crippen molar-refractivity contribution in [2.24, 2.45) is 5.92 Å². The zero-order chi connectivity index (χ0) is 39.1. The van der Waals surface area contributed by atoms with E-state index < -0.39 is 47.2 Å². The van der Waals surface area contributed by atoms with E-state index in [9.17, 15) is 19.2 Å². The molecule has 1 saturated heterocycles. The molecule has 4 amide bonds. The number of benzene rings is 1. The summed E-state index contributed by atoms with van der Waals surface area (Å²) in [5.74, 6) is 0.406. The van der Waals surface area contributed by atoms with Crippen molar-refractivity contribution in [3.63, 3.8) is 0 Å². The maximum Gasteiger partial charge on any atom is 0.408 e. The zero-order valence-electron chi connectivity index (χ0n) is 32.8. The van der Waals surface area contributed by atoms with Gasteiger partial charge in [-0.2, -0.15) is 0 Å². The van der Waals surface area contributed by atoms with E-state index in [2.05, 4.69) is 28.4 Å². The van der Waals surface area contributed by atoms with Crippen LogP contribution in [0.1, 0.15) is 104 Å². The molecule has 55 heavy (non-hydrogen) atoms. The van der Waals surface area contributed by atoms with Gasteiger partial charge in [0.05, 0.1) is 19.2 Å². The second-order valence-corrected chi connectivity index (χ2v) is 18.5. The number of alkyl carbamates (subject to hydrolysis) is 1. The normalized spacial score (nSPS) is 28.4. The minimum Gasteiger partial charge on any atom is -0.496 e. The first-order chi connectivity index (χ1) is 26.2. The van der Waals surface area contributed by atoms with E-state index in [1.165, 1.54) is 16.8 Å². The van der Waals surface area contributed by atoms with E-state index in [-0.39, 0.29) is 35.6 Å². The molecule has 7 rings (SSSR count). The van der Waals surface area contributed by atoms with Gasteiger partial charge in [0.1, 0.15) is 46.9 Å². The van der Waals surface area contributed by atoms with Crippen LogP contribution in [0.4, 0.5) is 4.79 Å². The Morgan fingerprint density at radius 1 is 1.04 bits per heavy atom. The number of carbonyl (C=O) groups excluding carboxylic acids is 4. The standard InChI is InChI=1S/C41H55N5O8S/c1-24-31(51-6)17-16-28-32(21-33(43-34(24)28)53-26-14-15-26)52-27-20-30-35(47)44-41(37(49)45-55-40(5)18-19-40)22-25(41)12-10-8-7-9-11-13-29(36(48)46(30)23-27)42-38(50)54-39(2,3)4/h10,12,16-17,21,25-27,29-30H,7-9,11,13-15,18-20,22-23H2,1-6H3,(H,42,50)(H,44,47)(H,45,49)/b12-10-/t25-,27-,29+,30+,41-/m1/s1. The highest BCUT2D eigenvalue weighted by Crippen LogP contribution is 2.49. The van der Waals surface area contributed by atoms with Gasteiger partial charge in [0, 0.05) is 34.1 Å². The molecule has 3 aliphatic carbocycles. The Kier molecular flexibility index (Phi) is 10.9. The Morgan fingerprint density at radius 2 is 1.82 bits per heavy atom. The number of amides is 4. The molecule has 0 unspecified atom stereocenters. The van der Waals surface area contributed by atoms with Crippen LogP contribution in [0.3, 0.4) is 0 Å². The highest BCUT2D eigenvalue weighted by molar-refractivity contribution is 7.99. The van der Waals surface area contributed by atoms with Gasteiger partial charge < -0.3 is 34.5 Å². The third-order valence-corrected chi connectivity index (χ3v) is 12.3. The number of hydrogen-bond acceptors (Lipinski definition) is 10. The molecule has 14 heteroatoms. The first-order valence-electron chi connectivity index (χ1n) is 19.8. The first kappa shape index (κ1) is 39.1. The Bertz CT molecular complexity index is 1860. The van der Waals surface area contributed by atoms with E-state index in [0.29, 0.717) is 42.2 Å². The molecule has 3 N–H and O–H groups in total. The van der Waals surface area contributed by atoms with Gasteiger partial charge in [-0.05, 0) is 110 Å². The Hall–Kier alpha value is -4.20. The van der Waals surface area contributed by atoms with Gasteiger partial charge in [-0.25, -0.2) is 9.78 Å². The number of aryl methyl sites for hydroxylation is 1. The molecule has 3 saturated carbocycles. The van der Waals surface area contributed by atoms with Crippen molar-refractivity contribution >= 4 is 46.7 Å². The number of pyridine rings is 1. The highest BCUT2D eigenvalue weighted by Gasteiger charge is 2.61. The number of methoxy groups -OCH3 is 1. The van der Waals surface area contributed by atoms with Crippen LogP contribution in [0.5, 0.6) is 17.4 Å². The number of aromatic nitrogens is 1. The van der Waals surface area contributed by atoms with Gasteiger partial charge in [0.2, 0.25) is 17.7 Å². The lowest BCUT2D eigenvalue weighted by Crippen LogP contribution is -2.57. The molecule has 5 aliphatic rings. The summed E-state index contributed by atoms with van der Waals surface area (Å²) in [6.45, 7) is 9.43. The average molecular weight is 778 g/mol. The number of carbonyl (C=O) groups is 4. The van der Waals surface area contributed by atoms with Crippen molar-refractivity contribution in [1.82, 2.24) is 25.2 Å². The van der Waals surface area contributed by atoms with E-state index in [0.717, 1.165) is 55.9 Å². The van der Waals surface area contributed by atoms with Crippen LogP contribution in [0, 0.1) is 12.8 Å². The third kappa shape index (κ3) is 9.10. The molecule has 4 fully saturated rings. The fraction of sp³-hybridized carbons (Fsp3) is 0.634. The number of hydrogen-bond donors (Lipinski definition) is 3. The van der Waals surface area contributed by atoms with Crippen molar-refractivity contribution in [2.45, 2.75) is 145 Å². The molecule has 0 bridgehead atoms. The van der Waals surface area contributed by atoms with Crippen LogP contribution >= 0.6 is 11.9 Å². The number of allylic oxidation sites excluding steroid dienone is 1. The molecule has 1 aromatic heterocycles. The topological polar surface area (TPSA) is 157 Å². The van der Waals surface area contributed by atoms with E-state index in [4.69, 9.17) is 23.9 Å². The summed E-state index contributed by atoms with van der Waals surface area (Å²) in [6.07, 6.45) is 11.1. The van der Waals surface area contributed by atoms with Crippen molar-refractivity contribution in [3.8, 4) is 17.4 Å². The molecule has 1 aromatic carbocycles. The molecule has 2 aromatic rings. The van der Waals surface area contributed by atoms with Crippen molar-refractivity contribution in [2.75, 3.05) is 13.7 Å². The average Bonchev–Trinajstić information content (AvgIpc) is 4.09. The molecule has 298 valence electrons. The van der Waals surface area contributed by atoms with Crippen LogP contribution in [0.25, 0.3) is 10.9 Å². The molecule has 0 radical (unpaired) electrons. The maximum atomic E-state index is 14.6. The van der Waals surface area contributed by atoms with Crippen LogP contribution in [-0.4, -0.2) is 87.5 Å². The second-order valence-electron chi connectivity index (χ2n) is 17.1. The van der Waals surface area contributed by atoms with Crippen molar-refractivity contribution in [1.29, 1.82) is 0 Å². The molecule has 5 atom stereocenters. The highest BCUT2D eigenvalue weighted by atomic mass is 32.2. The molecular formula is C41H55N5O8S. The fourth-order valence-corrected chi connectivity index (χ4v) is 8.25. The lowest BCUT2D eigenvalue weighted by Gasteiger charge is -2.30. The van der Waals surface area contributed by atoms with Gasteiger partial charge >= 0.3 is 6.09 Å². The minimum absolute atomic E-state index is 0.0100. The SMILES string of the molecule is COc1ccc2c(O[C@@H]3C[C@H]4C(=O)N[C@]5(C(=O)NSC6(C)CC6)C[C@H]5/C=C\CCCCC[C@H](NC(=O)OC(C)(C)C)C(=O)N4C3)cc(OC3CC3)nc2c1C. The Morgan fingerprint density at radius 3 is 2.53 bits per heavy atom. The summed E-state index contributed by atoms with van der Waals surface area (Å²) < 4.78 is 27.1. The largest absolute Gasteiger partial charge is 0.496 e. The van der Waals surface area contributed by atoms with Crippen LogP contribution in [0.2, 0.25) is 0 Å². The van der Waals surface area contributed by atoms with Crippen LogP contribution in [0.15, 0.2) is 30.4 Å². The smallest absolute Gasteiger partial charge is 0.408 e. The van der Waals surface area contributed by atoms with E-state index >= 15 is 0 Å². The number of ether oxygens (including phenoxy) is 4. The zero-order valence-corrected chi connectivity index (χ0v) is 33.6. The van der Waals surface area contributed by atoms with Crippen LogP contribution < -0.4 is 29.6 Å². The van der Waals surface area contributed by atoms with Gasteiger partial charge in [0.25, 0.3) is 5.91 Å². The molecule has 0 spiro atoms. The summed E-state index contributed by atoms with van der Waals surface area (Å²) in [5.41, 5.74) is -0.381. The van der Waals surface area contributed by atoms with Gasteiger partial charge in [-0.1, -0.05) is 25.0 Å². The van der Waals surface area contributed by atoms with Gasteiger partial charge in [-0.15, -0.1) is 0 Å². The van der Waals surface area contributed by atoms with E-state index in [1.54, 1.807) is 33.9 Å². The molecule has 2 aliphatic heterocycles. The number of nitrogens with zero attached hydrogens (tertiary/aromatic N) is 2. The summed E-state index contributed by atoms with van der Waals surface area (Å²) in [5, 5.41) is 6.69. The van der Waals surface area contributed by atoms with Crippen molar-refractivity contribution < 1.29 is 38.1 Å². The summed E-state index contributed by atoms with van der Waals surface area (Å²) >= 11 is 1.42.